The van der Waals surface area contributed by atoms with Gasteiger partial charge < -0.3 is 19.8 Å². The van der Waals surface area contributed by atoms with Crippen LogP contribution in [0.2, 0.25) is 0 Å². The van der Waals surface area contributed by atoms with Crippen molar-refractivity contribution in [1.29, 1.82) is 0 Å². The Balaban J connectivity index is -0.000000210. The van der Waals surface area contributed by atoms with Gasteiger partial charge in [0.1, 0.15) is 0 Å². The predicted octanol–water partition coefficient (Wildman–Crippen LogP) is 6.52. The Kier molecular flexibility index (Phi) is 41.2. The first-order valence-corrected chi connectivity index (χ1v) is 13.4. The van der Waals surface area contributed by atoms with Crippen molar-refractivity contribution in [2.24, 2.45) is 0 Å². The van der Waals surface area contributed by atoms with Crippen LogP contribution in [-0.4, -0.2) is 35.8 Å². The fourth-order valence-electron chi connectivity index (χ4n) is 2.63. The summed E-state index contributed by atoms with van der Waals surface area (Å²) in [4.78, 5) is 20.4. The van der Waals surface area contributed by atoms with Crippen LogP contribution in [0.3, 0.4) is 0 Å². The van der Waals surface area contributed by atoms with Crippen molar-refractivity contribution in [2.45, 2.75) is 130 Å². The van der Waals surface area contributed by atoms with Crippen molar-refractivity contribution in [2.75, 3.05) is 0 Å². The molecule has 4 radical (unpaired) electrons. The van der Waals surface area contributed by atoms with Crippen LogP contribution in [0.25, 0.3) is 0 Å². The SMILES string of the molecule is CCCCCCCCCCCCC(=O)[O-].CCc1ccc(C(=O)[O-])cc1.[CH2]CCC.[CH2]CCC.[Sn+2]. The number of carboxylic acid groups (broad SMARTS) is 2. The fourth-order valence-corrected chi connectivity index (χ4v) is 2.63. The molecule has 0 saturated carbocycles. The van der Waals surface area contributed by atoms with Gasteiger partial charge in [0, 0.05) is 5.97 Å². The molecular formula is C30H52O4Sn. The minimum Gasteiger partial charge on any atom is -0.550 e. The molecule has 0 N–H and O–H groups in total. The van der Waals surface area contributed by atoms with Crippen molar-refractivity contribution < 1.29 is 19.8 Å². The zero-order valence-corrected chi connectivity index (χ0v) is 26.0. The summed E-state index contributed by atoms with van der Waals surface area (Å²) in [5.74, 6) is -2.03. The zero-order valence-electron chi connectivity index (χ0n) is 23.2. The van der Waals surface area contributed by atoms with Gasteiger partial charge in [-0.05, 0) is 30.4 Å². The molecule has 0 bridgehead atoms. The second-order valence-electron chi connectivity index (χ2n) is 8.35. The maximum absolute atomic E-state index is 10.3. The Morgan fingerprint density at radius 3 is 1.31 bits per heavy atom. The summed E-state index contributed by atoms with van der Waals surface area (Å²) in [5, 5.41) is 20.4. The average Bonchev–Trinajstić information content (AvgIpc) is 2.85. The molecule has 0 atom stereocenters. The molecule has 0 spiro atoms. The number of carbonyl (C=O) groups is 2. The van der Waals surface area contributed by atoms with Crippen LogP contribution in [0.15, 0.2) is 24.3 Å². The van der Waals surface area contributed by atoms with Gasteiger partial charge in [-0.15, -0.1) is 0 Å². The Morgan fingerprint density at radius 2 is 1.03 bits per heavy atom. The Hall–Kier alpha value is -1.04. The smallest absolute Gasteiger partial charge is 0.550 e. The van der Waals surface area contributed by atoms with Crippen LogP contribution in [0.4, 0.5) is 0 Å². The van der Waals surface area contributed by atoms with E-state index in [-0.39, 0.29) is 35.9 Å². The number of hydrogen-bond acceptors (Lipinski definition) is 4. The third-order valence-corrected chi connectivity index (χ3v) is 5.04. The van der Waals surface area contributed by atoms with E-state index < -0.39 is 11.9 Å². The molecule has 0 saturated heterocycles. The fraction of sp³-hybridized carbons (Fsp3) is 0.667. The first-order chi connectivity index (χ1) is 16.3. The number of carbonyl (C=O) groups excluding carboxylic acids is 2. The molecule has 0 aromatic heterocycles. The molecule has 4 nitrogen and oxygen atoms in total. The molecule has 0 unspecified atom stereocenters. The summed E-state index contributed by atoms with van der Waals surface area (Å²) in [6.45, 7) is 15.7. The molecule has 1 rings (SSSR count). The van der Waals surface area contributed by atoms with Gasteiger partial charge in [0.15, 0.2) is 0 Å². The van der Waals surface area contributed by atoms with Gasteiger partial charge in [-0.2, -0.15) is 0 Å². The molecule has 0 amide bonds. The van der Waals surface area contributed by atoms with Crippen LogP contribution in [0.5, 0.6) is 0 Å². The molecule has 0 aliphatic rings. The van der Waals surface area contributed by atoms with E-state index in [2.05, 4.69) is 34.6 Å². The Morgan fingerprint density at radius 1 is 0.657 bits per heavy atom. The Labute approximate surface area is 234 Å². The van der Waals surface area contributed by atoms with E-state index >= 15 is 0 Å². The molecular weight excluding hydrogens is 543 g/mol. The van der Waals surface area contributed by atoms with E-state index in [0.717, 1.165) is 37.7 Å². The standard InChI is InChI=1S/C13H26O2.C9H10O2.2C4H9.Sn/c1-2-3-4-5-6-7-8-9-10-11-12-13(14)15;1-2-7-3-5-8(6-4-7)9(10)11;2*1-3-4-2;/h2-12H2,1H3,(H,14,15);3-6H,2H2,1H3,(H,10,11);2*1,3-4H2,2H3;/q;;;;+2/p-2. The van der Waals surface area contributed by atoms with Crippen molar-refractivity contribution in [1.82, 2.24) is 0 Å². The van der Waals surface area contributed by atoms with Crippen LogP contribution in [0, 0.1) is 13.8 Å². The molecule has 0 heterocycles. The van der Waals surface area contributed by atoms with Crippen LogP contribution >= 0.6 is 0 Å². The average molecular weight is 595 g/mol. The summed E-state index contributed by atoms with van der Waals surface area (Å²) in [7, 11) is 0. The number of carboxylic acids is 2. The van der Waals surface area contributed by atoms with Crippen molar-refractivity contribution >= 4 is 35.8 Å². The largest absolute Gasteiger partial charge is 2.00 e. The van der Waals surface area contributed by atoms with E-state index in [4.69, 9.17) is 0 Å². The van der Waals surface area contributed by atoms with E-state index in [1.807, 2.05) is 6.92 Å². The van der Waals surface area contributed by atoms with E-state index in [0.29, 0.717) is 0 Å². The second-order valence-corrected chi connectivity index (χ2v) is 8.35. The Bertz CT molecular complexity index is 536. The van der Waals surface area contributed by atoms with E-state index in [1.54, 1.807) is 24.3 Å². The molecule has 200 valence electrons. The number of aromatic carboxylic acids is 1. The number of aryl methyl sites for hydroxylation is 1. The van der Waals surface area contributed by atoms with Crippen LogP contribution in [-0.2, 0) is 11.2 Å². The third-order valence-electron chi connectivity index (χ3n) is 5.04. The van der Waals surface area contributed by atoms with Crippen molar-refractivity contribution in [3.8, 4) is 0 Å². The maximum atomic E-state index is 10.3. The molecule has 0 fully saturated rings. The van der Waals surface area contributed by atoms with Gasteiger partial charge in [0.25, 0.3) is 0 Å². The number of rotatable bonds is 15. The number of unbranched alkanes of at least 4 members (excludes halogenated alkanes) is 11. The van der Waals surface area contributed by atoms with E-state index in [9.17, 15) is 19.8 Å². The molecule has 1 aromatic rings. The minimum atomic E-state index is -1.12. The normalized spacial score (nSPS) is 9.20. The quantitative estimate of drug-likeness (QED) is 0.171. The summed E-state index contributed by atoms with van der Waals surface area (Å²) in [5.41, 5.74) is 1.37. The summed E-state index contributed by atoms with van der Waals surface area (Å²) in [6.07, 6.45) is 18.1. The number of aliphatic carboxylic acids is 1. The summed E-state index contributed by atoms with van der Waals surface area (Å²) in [6, 6.07) is 6.72. The maximum Gasteiger partial charge on any atom is 2.00 e. The first kappa shape index (κ1) is 41.1. The van der Waals surface area contributed by atoms with Gasteiger partial charge >= 0.3 is 23.9 Å². The van der Waals surface area contributed by atoms with Gasteiger partial charge in [-0.25, -0.2) is 0 Å². The van der Waals surface area contributed by atoms with Crippen LogP contribution in [0.1, 0.15) is 140 Å². The summed E-state index contributed by atoms with van der Waals surface area (Å²) >= 11 is 0. The molecule has 1 aromatic carbocycles. The molecule has 0 aliphatic carbocycles. The van der Waals surface area contributed by atoms with Gasteiger partial charge in [-0.3, -0.25) is 0 Å². The van der Waals surface area contributed by atoms with Gasteiger partial charge in [0.2, 0.25) is 0 Å². The molecule has 0 aliphatic heterocycles. The number of benzene rings is 1. The zero-order chi connectivity index (χ0) is 26.5. The minimum absolute atomic E-state index is 0. The molecule has 35 heavy (non-hydrogen) atoms. The van der Waals surface area contributed by atoms with Gasteiger partial charge in [-0.1, -0.05) is 149 Å². The molecule has 5 heteroatoms. The van der Waals surface area contributed by atoms with Crippen LogP contribution < -0.4 is 10.2 Å². The topological polar surface area (TPSA) is 80.3 Å². The second kappa shape index (κ2) is 35.1. The third kappa shape index (κ3) is 37.7. The van der Waals surface area contributed by atoms with Gasteiger partial charge in [0.05, 0.1) is 5.97 Å². The van der Waals surface area contributed by atoms with E-state index in [1.165, 1.54) is 64.2 Å². The number of hydrogen-bond donors (Lipinski definition) is 0. The monoisotopic (exact) mass is 596 g/mol. The first-order valence-electron chi connectivity index (χ1n) is 13.4. The summed E-state index contributed by atoms with van der Waals surface area (Å²) < 4.78 is 0. The van der Waals surface area contributed by atoms with Crippen molar-refractivity contribution in [3.05, 3.63) is 49.2 Å². The predicted molar refractivity (Wildman–Crippen MR) is 148 cm³/mol. The van der Waals surface area contributed by atoms with Crippen molar-refractivity contribution in [3.63, 3.8) is 0 Å².